The molecule has 10 nitrogen and oxygen atoms in total. The molecule has 0 aliphatic rings. The monoisotopic (exact) mass is 658 g/mol. The topological polar surface area (TPSA) is 131 Å². The SMILES string of the molecule is CCOc1cc(/C=N\NC(=O)C(=O)NCc2ccco2)cc(I)c1OCC(=O)Nc1ccccc1C(F)(F)F. The van der Waals surface area contributed by atoms with Crippen LogP contribution in [-0.2, 0) is 27.1 Å². The van der Waals surface area contributed by atoms with Crippen molar-refractivity contribution in [2.75, 3.05) is 18.5 Å². The predicted octanol–water partition coefficient (Wildman–Crippen LogP) is 4.09. The van der Waals surface area contributed by atoms with Gasteiger partial charge in [-0.3, -0.25) is 14.4 Å². The Morgan fingerprint density at radius 2 is 1.85 bits per heavy atom. The number of carbonyl (C=O) groups excluding carboxylic acids is 3. The lowest BCUT2D eigenvalue weighted by atomic mass is 10.1. The van der Waals surface area contributed by atoms with Crippen molar-refractivity contribution in [3.63, 3.8) is 0 Å². The summed E-state index contributed by atoms with van der Waals surface area (Å²) in [5.41, 5.74) is 1.21. The minimum absolute atomic E-state index is 0.0349. The van der Waals surface area contributed by atoms with Crippen LogP contribution >= 0.6 is 22.6 Å². The van der Waals surface area contributed by atoms with Gasteiger partial charge in [0.25, 0.3) is 5.91 Å². The zero-order valence-corrected chi connectivity index (χ0v) is 22.5. The molecule has 0 saturated carbocycles. The normalized spacial score (nSPS) is 11.2. The Kier molecular flexibility index (Phi) is 10.3. The number of carbonyl (C=O) groups is 3. The van der Waals surface area contributed by atoms with E-state index in [0.717, 1.165) is 12.1 Å². The third-order valence-electron chi connectivity index (χ3n) is 4.78. The van der Waals surface area contributed by atoms with Crippen LogP contribution in [0.3, 0.4) is 0 Å². The molecule has 1 heterocycles. The first-order chi connectivity index (χ1) is 18.6. The van der Waals surface area contributed by atoms with E-state index in [1.807, 2.05) is 22.6 Å². The molecule has 1 aromatic heterocycles. The average Bonchev–Trinajstić information content (AvgIpc) is 3.40. The lowest BCUT2D eigenvalue weighted by molar-refractivity contribution is -0.139. The molecule has 0 aliphatic heterocycles. The van der Waals surface area contributed by atoms with E-state index in [2.05, 4.69) is 21.2 Å². The van der Waals surface area contributed by atoms with Crippen LogP contribution in [0.25, 0.3) is 0 Å². The summed E-state index contributed by atoms with van der Waals surface area (Å²) in [6, 6.07) is 11.0. The van der Waals surface area contributed by atoms with Gasteiger partial charge in [-0.1, -0.05) is 12.1 Å². The third kappa shape index (κ3) is 8.73. The van der Waals surface area contributed by atoms with Crippen LogP contribution in [0.1, 0.15) is 23.8 Å². The third-order valence-corrected chi connectivity index (χ3v) is 5.58. The average molecular weight is 658 g/mol. The predicted molar refractivity (Wildman–Crippen MR) is 142 cm³/mol. The van der Waals surface area contributed by atoms with Crippen molar-refractivity contribution < 1.29 is 41.4 Å². The van der Waals surface area contributed by atoms with Crippen molar-refractivity contribution in [1.82, 2.24) is 10.7 Å². The number of hydrogen-bond donors (Lipinski definition) is 3. The fourth-order valence-electron chi connectivity index (χ4n) is 3.11. The van der Waals surface area contributed by atoms with Gasteiger partial charge in [-0.2, -0.15) is 18.3 Å². The van der Waals surface area contributed by atoms with Gasteiger partial charge in [0, 0.05) is 0 Å². The Morgan fingerprint density at radius 3 is 2.54 bits per heavy atom. The summed E-state index contributed by atoms with van der Waals surface area (Å²) in [4.78, 5) is 36.1. The molecule has 14 heteroatoms. The molecule has 0 unspecified atom stereocenters. The van der Waals surface area contributed by atoms with Gasteiger partial charge in [0.05, 0.1) is 40.5 Å². The molecule has 2 aromatic carbocycles. The molecule has 39 heavy (non-hydrogen) atoms. The van der Waals surface area contributed by atoms with Gasteiger partial charge < -0.3 is 24.5 Å². The van der Waals surface area contributed by atoms with Crippen LogP contribution in [0.15, 0.2) is 64.3 Å². The molecular weight excluding hydrogens is 636 g/mol. The number of anilines is 1. The first kappa shape index (κ1) is 29.5. The van der Waals surface area contributed by atoms with Crippen LogP contribution in [-0.4, -0.2) is 37.1 Å². The number of hydrazone groups is 1. The largest absolute Gasteiger partial charge is 0.490 e. The second-order valence-electron chi connectivity index (χ2n) is 7.60. The quantitative estimate of drug-likeness (QED) is 0.130. The maximum atomic E-state index is 13.2. The molecule has 3 amide bonds. The fourth-order valence-corrected chi connectivity index (χ4v) is 3.89. The minimum Gasteiger partial charge on any atom is -0.490 e. The van der Waals surface area contributed by atoms with E-state index in [1.165, 1.54) is 30.7 Å². The van der Waals surface area contributed by atoms with E-state index >= 15 is 0 Å². The molecule has 0 saturated heterocycles. The number of rotatable bonds is 10. The smallest absolute Gasteiger partial charge is 0.418 e. The van der Waals surface area contributed by atoms with Crippen LogP contribution < -0.4 is 25.5 Å². The van der Waals surface area contributed by atoms with E-state index in [0.29, 0.717) is 14.9 Å². The van der Waals surface area contributed by atoms with E-state index in [9.17, 15) is 27.6 Å². The Bertz CT molecular complexity index is 1350. The number of nitrogens with zero attached hydrogens (tertiary/aromatic N) is 1. The zero-order chi connectivity index (χ0) is 28.4. The Hall–Kier alpha value is -4.08. The lowest BCUT2D eigenvalue weighted by Crippen LogP contribution is -2.37. The maximum absolute atomic E-state index is 13.2. The van der Waals surface area contributed by atoms with Gasteiger partial charge in [0.15, 0.2) is 18.1 Å². The maximum Gasteiger partial charge on any atom is 0.418 e. The van der Waals surface area contributed by atoms with Gasteiger partial charge in [0.2, 0.25) is 0 Å². The van der Waals surface area contributed by atoms with Crippen molar-refractivity contribution in [3.8, 4) is 11.5 Å². The number of hydrogen-bond acceptors (Lipinski definition) is 7. The van der Waals surface area contributed by atoms with Gasteiger partial charge in [-0.25, -0.2) is 5.43 Å². The Morgan fingerprint density at radius 1 is 1.08 bits per heavy atom. The van der Waals surface area contributed by atoms with Crippen LogP contribution in [0, 0.1) is 3.57 Å². The van der Waals surface area contributed by atoms with Gasteiger partial charge in [0.1, 0.15) is 5.76 Å². The molecule has 206 valence electrons. The van der Waals surface area contributed by atoms with Crippen molar-refractivity contribution in [2.24, 2.45) is 5.10 Å². The van der Waals surface area contributed by atoms with E-state index in [1.54, 1.807) is 25.1 Å². The van der Waals surface area contributed by atoms with Crippen molar-refractivity contribution >= 4 is 52.2 Å². The molecule has 0 radical (unpaired) electrons. The standard InChI is InChI=1S/C25H22F3IN4O6/c1-2-37-20-11-15(12-31-33-24(36)23(35)30-13-16-6-5-9-38-16)10-18(29)22(20)39-14-21(34)32-19-8-4-3-7-17(19)25(26,27)28/h3-12H,2,13-14H2,1H3,(H,30,35)(H,32,34)(H,33,36)/b31-12-. The number of benzene rings is 2. The Balaban J connectivity index is 1.61. The van der Waals surface area contributed by atoms with Crippen LogP contribution in [0.2, 0.25) is 0 Å². The first-order valence-corrected chi connectivity index (χ1v) is 12.3. The second kappa shape index (κ2) is 13.6. The fraction of sp³-hybridized carbons (Fsp3) is 0.200. The van der Waals surface area contributed by atoms with Crippen molar-refractivity contribution in [1.29, 1.82) is 0 Å². The van der Waals surface area contributed by atoms with E-state index in [-0.39, 0.29) is 30.3 Å². The molecule has 0 spiro atoms. The molecule has 0 atom stereocenters. The Labute approximate surface area is 234 Å². The highest BCUT2D eigenvalue weighted by atomic mass is 127. The van der Waals surface area contributed by atoms with Gasteiger partial charge in [-0.15, -0.1) is 0 Å². The highest BCUT2D eigenvalue weighted by molar-refractivity contribution is 14.1. The summed E-state index contributed by atoms with van der Waals surface area (Å²) in [6.07, 6.45) is -1.93. The van der Waals surface area contributed by atoms with Crippen molar-refractivity contribution in [2.45, 2.75) is 19.6 Å². The number of ether oxygens (including phenoxy) is 2. The number of alkyl halides is 3. The molecule has 0 aliphatic carbocycles. The molecule has 0 fully saturated rings. The number of para-hydroxylation sites is 1. The number of halogens is 4. The molecular formula is C25H22F3IN4O6. The number of nitrogens with one attached hydrogen (secondary N) is 3. The number of amides is 3. The van der Waals surface area contributed by atoms with Gasteiger partial charge >= 0.3 is 18.0 Å². The summed E-state index contributed by atoms with van der Waals surface area (Å²) in [7, 11) is 0. The van der Waals surface area contributed by atoms with Gasteiger partial charge in [-0.05, 0) is 71.5 Å². The van der Waals surface area contributed by atoms with Crippen LogP contribution in [0.5, 0.6) is 11.5 Å². The van der Waals surface area contributed by atoms with E-state index in [4.69, 9.17) is 13.9 Å². The lowest BCUT2D eigenvalue weighted by Gasteiger charge is -2.16. The van der Waals surface area contributed by atoms with Crippen LogP contribution in [0.4, 0.5) is 18.9 Å². The zero-order valence-electron chi connectivity index (χ0n) is 20.3. The molecule has 3 rings (SSSR count). The highest BCUT2D eigenvalue weighted by Gasteiger charge is 2.33. The van der Waals surface area contributed by atoms with E-state index < -0.39 is 36.1 Å². The summed E-state index contributed by atoms with van der Waals surface area (Å²) in [6.45, 7) is 1.41. The summed E-state index contributed by atoms with van der Waals surface area (Å²) in [5.74, 6) is -1.80. The molecule has 3 N–H and O–H groups in total. The molecule has 0 bridgehead atoms. The first-order valence-electron chi connectivity index (χ1n) is 11.3. The number of furan rings is 1. The van der Waals surface area contributed by atoms with Crippen molar-refractivity contribution in [3.05, 3.63) is 75.3 Å². The molecule has 3 aromatic rings. The summed E-state index contributed by atoms with van der Waals surface area (Å²) >= 11 is 1.92. The minimum atomic E-state index is -4.64. The highest BCUT2D eigenvalue weighted by Crippen LogP contribution is 2.35. The summed E-state index contributed by atoms with van der Waals surface area (Å²) < 4.78 is 56.2. The summed E-state index contributed by atoms with van der Waals surface area (Å²) in [5, 5.41) is 8.35. The second-order valence-corrected chi connectivity index (χ2v) is 8.77.